The lowest BCUT2D eigenvalue weighted by molar-refractivity contribution is 0.0790. The molecule has 1 atom stereocenters. The van der Waals surface area contributed by atoms with Crippen molar-refractivity contribution in [3.8, 4) is 0 Å². The van der Waals surface area contributed by atoms with E-state index in [1.807, 2.05) is 13.0 Å². The van der Waals surface area contributed by atoms with Crippen LogP contribution in [0.25, 0.3) is 0 Å². The third-order valence-electron chi connectivity index (χ3n) is 3.02. The van der Waals surface area contributed by atoms with Crippen LogP contribution in [-0.2, 0) is 11.3 Å². The first kappa shape index (κ1) is 13.2. The minimum absolute atomic E-state index is 0.394. The summed E-state index contributed by atoms with van der Waals surface area (Å²) in [6.45, 7) is 5.60. The first-order valence-corrected chi connectivity index (χ1v) is 6.64. The Kier molecular flexibility index (Phi) is 4.90. The highest BCUT2D eigenvalue weighted by Gasteiger charge is 2.17. The topological polar surface area (TPSA) is 50.3 Å². The number of likely N-dealkylation sites (N-methyl/N-ethyl adjacent to an activating group) is 1. The summed E-state index contributed by atoms with van der Waals surface area (Å²) in [5.74, 6) is 0.709. The highest BCUT2D eigenvalue weighted by molar-refractivity contribution is 5.24. The van der Waals surface area contributed by atoms with Crippen molar-refractivity contribution >= 4 is 5.95 Å². The van der Waals surface area contributed by atoms with Crippen LogP contribution in [0.4, 0.5) is 5.95 Å². The number of rotatable bonds is 6. The summed E-state index contributed by atoms with van der Waals surface area (Å²) in [7, 11) is 2.11. The van der Waals surface area contributed by atoms with Gasteiger partial charge in [-0.05, 0) is 32.9 Å². The molecule has 0 radical (unpaired) electrons. The lowest BCUT2D eigenvalue weighted by Crippen LogP contribution is -2.28. The van der Waals surface area contributed by atoms with Gasteiger partial charge in [-0.25, -0.2) is 9.97 Å². The Morgan fingerprint density at radius 3 is 3.17 bits per heavy atom. The molecule has 1 aliphatic rings. The van der Waals surface area contributed by atoms with E-state index in [0.29, 0.717) is 12.1 Å². The van der Waals surface area contributed by atoms with Crippen molar-refractivity contribution in [2.45, 2.75) is 32.4 Å². The van der Waals surface area contributed by atoms with Crippen LogP contribution < -0.4 is 5.32 Å². The highest BCUT2D eigenvalue weighted by atomic mass is 16.5. The van der Waals surface area contributed by atoms with Crippen molar-refractivity contribution < 1.29 is 4.74 Å². The Morgan fingerprint density at radius 2 is 2.44 bits per heavy atom. The molecule has 1 unspecified atom stereocenters. The van der Waals surface area contributed by atoms with E-state index in [-0.39, 0.29) is 0 Å². The molecule has 0 amide bonds. The number of nitrogens with zero attached hydrogens (tertiary/aromatic N) is 3. The molecular formula is C13H22N4O. The van der Waals surface area contributed by atoms with E-state index in [4.69, 9.17) is 4.74 Å². The standard InChI is InChI=1S/C13H22N4O/c1-3-14-13-15-7-6-11(16-13)9-17(2)10-12-5-4-8-18-12/h6-7,12H,3-5,8-10H2,1-2H3,(H,14,15,16). The van der Waals surface area contributed by atoms with Crippen molar-refractivity contribution in [1.29, 1.82) is 0 Å². The molecule has 1 saturated heterocycles. The van der Waals surface area contributed by atoms with Gasteiger partial charge in [0.25, 0.3) is 0 Å². The van der Waals surface area contributed by atoms with Crippen molar-refractivity contribution in [3.63, 3.8) is 0 Å². The van der Waals surface area contributed by atoms with Crippen LogP contribution in [0.2, 0.25) is 0 Å². The van der Waals surface area contributed by atoms with Crippen LogP contribution in [0.3, 0.4) is 0 Å². The molecule has 100 valence electrons. The van der Waals surface area contributed by atoms with Gasteiger partial charge in [0, 0.05) is 32.4 Å². The van der Waals surface area contributed by atoms with Gasteiger partial charge in [-0.3, -0.25) is 4.90 Å². The molecule has 0 aliphatic carbocycles. The maximum absolute atomic E-state index is 5.64. The van der Waals surface area contributed by atoms with Gasteiger partial charge in [0.1, 0.15) is 0 Å². The van der Waals surface area contributed by atoms with Gasteiger partial charge in [-0.2, -0.15) is 0 Å². The second kappa shape index (κ2) is 6.66. The number of nitrogens with one attached hydrogen (secondary N) is 1. The van der Waals surface area contributed by atoms with Gasteiger partial charge < -0.3 is 10.1 Å². The molecular weight excluding hydrogens is 228 g/mol. The van der Waals surface area contributed by atoms with Crippen LogP contribution in [0.5, 0.6) is 0 Å². The zero-order valence-corrected chi connectivity index (χ0v) is 11.2. The zero-order valence-electron chi connectivity index (χ0n) is 11.2. The van der Waals surface area contributed by atoms with Crippen LogP contribution in [0.15, 0.2) is 12.3 Å². The number of anilines is 1. The minimum atomic E-state index is 0.394. The third kappa shape index (κ3) is 3.92. The fourth-order valence-corrected chi connectivity index (χ4v) is 2.20. The van der Waals surface area contributed by atoms with E-state index in [1.165, 1.54) is 12.8 Å². The molecule has 1 aliphatic heterocycles. The Labute approximate surface area is 109 Å². The Balaban J connectivity index is 1.85. The van der Waals surface area contributed by atoms with Gasteiger partial charge in [0.15, 0.2) is 0 Å². The fourth-order valence-electron chi connectivity index (χ4n) is 2.20. The number of aromatic nitrogens is 2. The predicted octanol–water partition coefficient (Wildman–Crippen LogP) is 1.52. The average Bonchev–Trinajstić information content (AvgIpc) is 2.82. The lowest BCUT2D eigenvalue weighted by Gasteiger charge is -2.20. The Hall–Kier alpha value is -1.20. The Bertz CT molecular complexity index is 366. The molecule has 0 spiro atoms. The molecule has 2 heterocycles. The van der Waals surface area contributed by atoms with E-state index < -0.39 is 0 Å². The van der Waals surface area contributed by atoms with Gasteiger partial charge >= 0.3 is 0 Å². The molecule has 1 aromatic heterocycles. The van der Waals surface area contributed by atoms with Gasteiger partial charge in [-0.1, -0.05) is 0 Å². The monoisotopic (exact) mass is 250 g/mol. The molecule has 0 saturated carbocycles. The summed E-state index contributed by atoms with van der Waals surface area (Å²) in [6.07, 6.45) is 4.57. The maximum atomic E-state index is 5.64. The predicted molar refractivity (Wildman–Crippen MR) is 71.5 cm³/mol. The van der Waals surface area contributed by atoms with E-state index in [0.717, 1.165) is 31.9 Å². The van der Waals surface area contributed by atoms with Gasteiger partial charge in [0.05, 0.1) is 11.8 Å². The second-order valence-corrected chi connectivity index (χ2v) is 4.73. The van der Waals surface area contributed by atoms with Crippen molar-refractivity contribution in [3.05, 3.63) is 18.0 Å². The van der Waals surface area contributed by atoms with E-state index in [9.17, 15) is 0 Å². The molecule has 2 rings (SSSR count). The fraction of sp³-hybridized carbons (Fsp3) is 0.692. The first-order chi connectivity index (χ1) is 8.78. The molecule has 1 N–H and O–H groups in total. The molecule has 5 heteroatoms. The van der Waals surface area contributed by atoms with Crippen LogP contribution in [0.1, 0.15) is 25.5 Å². The van der Waals surface area contributed by atoms with Crippen molar-refractivity contribution in [1.82, 2.24) is 14.9 Å². The minimum Gasteiger partial charge on any atom is -0.377 e. The Morgan fingerprint density at radius 1 is 1.56 bits per heavy atom. The smallest absolute Gasteiger partial charge is 0.222 e. The largest absolute Gasteiger partial charge is 0.377 e. The normalized spacial score (nSPS) is 19.4. The average molecular weight is 250 g/mol. The molecule has 0 aromatic carbocycles. The summed E-state index contributed by atoms with van der Waals surface area (Å²) in [4.78, 5) is 10.9. The van der Waals surface area contributed by atoms with E-state index in [2.05, 4.69) is 27.2 Å². The third-order valence-corrected chi connectivity index (χ3v) is 3.02. The maximum Gasteiger partial charge on any atom is 0.222 e. The lowest BCUT2D eigenvalue weighted by atomic mass is 10.2. The van der Waals surface area contributed by atoms with Crippen LogP contribution in [-0.4, -0.2) is 47.7 Å². The number of ether oxygens (including phenoxy) is 1. The number of hydrogen-bond acceptors (Lipinski definition) is 5. The van der Waals surface area contributed by atoms with E-state index in [1.54, 1.807) is 6.20 Å². The van der Waals surface area contributed by atoms with Crippen molar-refractivity contribution in [2.24, 2.45) is 0 Å². The highest BCUT2D eigenvalue weighted by Crippen LogP contribution is 2.13. The summed E-state index contributed by atoms with van der Waals surface area (Å²) >= 11 is 0. The molecule has 1 fully saturated rings. The molecule has 0 bridgehead atoms. The summed E-state index contributed by atoms with van der Waals surface area (Å²) < 4.78 is 5.64. The van der Waals surface area contributed by atoms with E-state index >= 15 is 0 Å². The second-order valence-electron chi connectivity index (χ2n) is 4.73. The first-order valence-electron chi connectivity index (χ1n) is 6.64. The molecule has 5 nitrogen and oxygen atoms in total. The number of hydrogen-bond donors (Lipinski definition) is 1. The van der Waals surface area contributed by atoms with Crippen LogP contribution >= 0.6 is 0 Å². The molecule has 1 aromatic rings. The summed E-state index contributed by atoms with van der Waals surface area (Å²) in [6, 6.07) is 1.97. The summed E-state index contributed by atoms with van der Waals surface area (Å²) in [5.41, 5.74) is 1.04. The van der Waals surface area contributed by atoms with Crippen molar-refractivity contribution in [2.75, 3.05) is 32.1 Å². The zero-order chi connectivity index (χ0) is 12.8. The van der Waals surface area contributed by atoms with Gasteiger partial charge in [-0.15, -0.1) is 0 Å². The quantitative estimate of drug-likeness (QED) is 0.829. The molecule has 18 heavy (non-hydrogen) atoms. The van der Waals surface area contributed by atoms with Crippen LogP contribution in [0, 0.1) is 0 Å². The summed E-state index contributed by atoms with van der Waals surface area (Å²) in [5, 5.41) is 3.13. The van der Waals surface area contributed by atoms with Gasteiger partial charge in [0.2, 0.25) is 5.95 Å². The SMILES string of the molecule is CCNc1nccc(CN(C)CC2CCCO2)n1.